The van der Waals surface area contributed by atoms with Crippen LogP contribution in [0.25, 0.3) is 0 Å². The van der Waals surface area contributed by atoms with Gasteiger partial charge in [0.15, 0.2) is 8.32 Å². The summed E-state index contributed by atoms with van der Waals surface area (Å²) in [6, 6.07) is 1.21. The molecule has 0 N–H and O–H groups in total. The van der Waals surface area contributed by atoms with Crippen molar-refractivity contribution in [2.24, 2.45) is 0 Å². The monoisotopic (exact) mass is 129 g/mol. The summed E-state index contributed by atoms with van der Waals surface area (Å²) >= 11 is 0. The molecule has 0 saturated heterocycles. The molecule has 0 aromatic rings. The van der Waals surface area contributed by atoms with Crippen molar-refractivity contribution in [3.05, 3.63) is 0 Å². The van der Waals surface area contributed by atoms with Crippen LogP contribution in [-0.4, -0.2) is 23.8 Å². The van der Waals surface area contributed by atoms with E-state index in [0.717, 1.165) is 0 Å². The Morgan fingerprint density at radius 1 is 1.38 bits per heavy atom. The molecule has 47 valence electrons. The van der Waals surface area contributed by atoms with Crippen LogP contribution in [0.15, 0.2) is 0 Å². The van der Waals surface area contributed by atoms with E-state index in [1.807, 2.05) is 0 Å². The molecule has 0 unspecified atom stereocenters. The van der Waals surface area contributed by atoms with Gasteiger partial charge in [0.1, 0.15) is 0 Å². The predicted octanol–water partition coefficient (Wildman–Crippen LogP) is 1.48. The van der Waals surface area contributed by atoms with Gasteiger partial charge in [-0.2, -0.15) is 0 Å². The van der Waals surface area contributed by atoms with Gasteiger partial charge in [0.05, 0.1) is 0 Å². The molecule has 3 heteroatoms. The van der Waals surface area contributed by atoms with Crippen molar-refractivity contribution in [2.75, 3.05) is 7.11 Å². The molecule has 0 saturated carbocycles. The summed E-state index contributed by atoms with van der Waals surface area (Å²) in [5.74, 6) is 0. The summed E-state index contributed by atoms with van der Waals surface area (Å²) < 4.78 is 5.23. The molecule has 3 radical (unpaired) electrons. The molecule has 0 rings (SSSR count). The second-order valence-corrected chi connectivity index (χ2v) is 6.95. The second kappa shape index (κ2) is 4.15. The van der Waals surface area contributed by atoms with Gasteiger partial charge in [0.25, 0.3) is 0 Å². The van der Waals surface area contributed by atoms with Crippen LogP contribution in [0.3, 0.4) is 0 Å². The average molecular weight is 129 g/mol. The highest BCUT2D eigenvalue weighted by atomic mass is 28.4. The standard InChI is InChI=1S/C5H14OSi.B/c1-5-7(3,4)6-2;/h5H2,1-4H3;. The molecule has 0 atom stereocenters. The van der Waals surface area contributed by atoms with Crippen LogP contribution in [-0.2, 0) is 4.43 Å². The highest BCUT2D eigenvalue weighted by molar-refractivity contribution is 6.70. The van der Waals surface area contributed by atoms with Gasteiger partial charge in [0, 0.05) is 15.5 Å². The number of rotatable bonds is 2. The fraction of sp³-hybridized carbons (Fsp3) is 1.00. The molecular formula is C5H14BOSi. The molecule has 0 amide bonds. The first kappa shape index (κ1) is 11.1. The summed E-state index contributed by atoms with van der Waals surface area (Å²) in [4.78, 5) is 0. The lowest BCUT2D eigenvalue weighted by atomic mass is 10.8. The summed E-state index contributed by atoms with van der Waals surface area (Å²) in [6.45, 7) is 6.61. The molecule has 0 spiro atoms. The summed E-state index contributed by atoms with van der Waals surface area (Å²) in [5.41, 5.74) is 0. The quantitative estimate of drug-likeness (QED) is 0.513. The number of hydrogen-bond donors (Lipinski definition) is 0. The lowest BCUT2D eigenvalue weighted by molar-refractivity contribution is 0.405. The Bertz CT molecular complexity index is 50.4. The molecular weight excluding hydrogens is 115 g/mol. The van der Waals surface area contributed by atoms with E-state index in [1.54, 1.807) is 7.11 Å². The van der Waals surface area contributed by atoms with Crippen LogP contribution in [0.2, 0.25) is 19.1 Å². The third kappa shape index (κ3) is 4.40. The predicted molar refractivity (Wildman–Crippen MR) is 40.7 cm³/mol. The van der Waals surface area contributed by atoms with Gasteiger partial charge in [-0.1, -0.05) is 6.92 Å². The Balaban J connectivity index is 0. The Labute approximate surface area is 55.1 Å². The molecule has 1 nitrogen and oxygen atoms in total. The van der Waals surface area contributed by atoms with Crippen LogP contribution in [0.4, 0.5) is 0 Å². The molecule has 0 aromatic heterocycles. The van der Waals surface area contributed by atoms with Crippen molar-refractivity contribution in [2.45, 2.75) is 26.1 Å². The second-order valence-electron chi connectivity index (χ2n) is 2.32. The van der Waals surface area contributed by atoms with Gasteiger partial charge in [-0.3, -0.25) is 0 Å². The zero-order valence-electron chi connectivity index (χ0n) is 6.19. The zero-order valence-corrected chi connectivity index (χ0v) is 7.19. The first-order valence-electron chi connectivity index (χ1n) is 2.67. The van der Waals surface area contributed by atoms with Crippen molar-refractivity contribution < 1.29 is 4.43 Å². The molecule has 0 aliphatic heterocycles. The van der Waals surface area contributed by atoms with Crippen LogP contribution >= 0.6 is 0 Å². The van der Waals surface area contributed by atoms with E-state index in [1.165, 1.54) is 6.04 Å². The third-order valence-electron chi connectivity index (χ3n) is 1.40. The molecule has 0 fully saturated rings. The first-order chi connectivity index (χ1) is 3.12. The van der Waals surface area contributed by atoms with Crippen LogP contribution in [0.5, 0.6) is 0 Å². The summed E-state index contributed by atoms with van der Waals surface area (Å²) in [6.07, 6.45) is 0. The smallest absolute Gasteiger partial charge is 0.185 e. The highest BCUT2D eigenvalue weighted by Crippen LogP contribution is 2.06. The topological polar surface area (TPSA) is 9.23 Å². The SMILES string of the molecule is CC[Si](C)(C)OC.[B]. The van der Waals surface area contributed by atoms with Crippen LogP contribution < -0.4 is 0 Å². The molecule has 0 aliphatic rings. The van der Waals surface area contributed by atoms with E-state index >= 15 is 0 Å². The Morgan fingerprint density at radius 3 is 1.75 bits per heavy atom. The van der Waals surface area contributed by atoms with Gasteiger partial charge in [0.2, 0.25) is 0 Å². The molecule has 0 bridgehead atoms. The molecule has 0 aromatic carbocycles. The van der Waals surface area contributed by atoms with E-state index in [0.29, 0.717) is 0 Å². The third-order valence-corrected chi connectivity index (χ3v) is 4.21. The van der Waals surface area contributed by atoms with E-state index in [-0.39, 0.29) is 8.41 Å². The first-order valence-corrected chi connectivity index (χ1v) is 5.79. The maximum absolute atomic E-state index is 5.23. The van der Waals surface area contributed by atoms with Crippen LogP contribution in [0, 0.1) is 0 Å². The minimum Gasteiger partial charge on any atom is -0.420 e. The Morgan fingerprint density at radius 2 is 1.75 bits per heavy atom. The summed E-state index contributed by atoms with van der Waals surface area (Å²) in [5, 5.41) is 0. The minimum absolute atomic E-state index is 0. The van der Waals surface area contributed by atoms with E-state index in [9.17, 15) is 0 Å². The Hall–Kier alpha value is 0.242. The maximum atomic E-state index is 5.23. The van der Waals surface area contributed by atoms with E-state index < -0.39 is 8.32 Å². The molecule has 8 heavy (non-hydrogen) atoms. The lowest BCUT2D eigenvalue weighted by Gasteiger charge is -2.15. The number of hydrogen-bond acceptors (Lipinski definition) is 1. The molecule has 0 heterocycles. The van der Waals surface area contributed by atoms with Crippen molar-refractivity contribution in [1.82, 2.24) is 0 Å². The van der Waals surface area contributed by atoms with Gasteiger partial charge < -0.3 is 4.43 Å². The average Bonchev–Trinajstić information content (AvgIpc) is 1.68. The van der Waals surface area contributed by atoms with E-state index in [4.69, 9.17) is 4.43 Å². The zero-order chi connectivity index (χ0) is 5.91. The fourth-order valence-corrected chi connectivity index (χ4v) is 0.433. The van der Waals surface area contributed by atoms with Gasteiger partial charge in [-0.25, -0.2) is 0 Å². The molecule has 0 aliphatic carbocycles. The lowest BCUT2D eigenvalue weighted by Crippen LogP contribution is -2.26. The minimum atomic E-state index is -1.15. The maximum Gasteiger partial charge on any atom is 0.185 e. The van der Waals surface area contributed by atoms with Gasteiger partial charge >= 0.3 is 0 Å². The fourth-order valence-electron chi connectivity index (χ4n) is 0.144. The Kier molecular flexibility index (Phi) is 5.76. The van der Waals surface area contributed by atoms with Crippen molar-refractivity contribution >= 4 is 16.7 Å². The van der Waals surface area contributed by atoms with Crippen molar-refractivity contribution in [3.63, 3.8) is 0 Å². The highest BCUT2D eigenvalue weighted by Gasteiger charge is 2.15. The summed E-state index contributed by atoms with van der Waals surface area (Å²) in [7, 11) is 0.650. The normalized spacial score (nSPS) is 10.5. The van der Waals surface area contributed by atoms with Gasteiger partial charge in [-0.05, 0) is 19.1 Å². The van der Waals surface area contributed by atoms with E-state index in [2.05, 4.69) is 20.0 Å². The van der Waals surface area contributed by atoms with Gasteiger partial charge in [-0.15, -0.1) is 0 Å². The van der Waals surface area contributed by atoms with Crippen molar-refractivity contribution in [3.8, 4) is 0 Å². The largest absolute Gasteiger partial charge is 0.420 e. The van der Waals surface area contributed by atoms with Crippen LogP contribution in [0.1, 0.15) is 6.92 Å². The van der Waals surface area contributed by atoms with Crippen molar-refractivity contribution in [1.29, 1.82) is 0 Å².